The molecular formula is C5H10NO2P. The normalized spacial score (nSPS) is 10.6. The fraction of sp³-hybridized carbons (Fsp3) is 0.800. The summed E-state index contributed by atoms with van der Waals surface area (Å²) >= 11 is 0. The molecule has 0 bridgehead atoms. The third-order valence-corrected chi connectivity index (χ3v) is 0.667. The Morgan fingerprint density at radius 3 is 2.11 bits per heavy atom. The molecule has 9 heavy (non-hydrogen) atoms. The molecule has 52 valence electrons. The Morgan fingerprint density at radius 2 is 2.00 bits per heavy atom. The van der Waals surface area contributed by atoms with Crippen molar-refractivity contribution in [3.63, 3.8) is 0 Å². The number of ether oxygens (including phenoxy) is 1. The van der Waals surface area contributed by atoms with Gasteiger partial charge in [-0.05, 0) is 29.8 Å². The van der Waals surface area contributed by atoms with E-state index in [1.54, 1.807) is 20.8 Å². The van der Waals surface area contributed by atoms with Gasteiger partial charge in [-0.15, -0.1) is 0 Å². The Kier molecular flexibility index (Phi) is 2.78. The van der Waals surface area contributed by atoms with Gasteiger partial charge in [0.25, 0.3) is 0 Å². The lowest BCUT2D eigenvalue weighted by atomic mass is 10.2. The largest absolute Gasteiger partial charge is 0.442 e. The van der Waals surface area contributed by atoms with Crippen LogP contribution in [0, 0.1) is 0 Å². The molecule has 0 rings (SSSR count). The zero-order valence-electron chi connectivity index (χ0n) is 5.76. The van der Waals surface area contributed by atoms with Crippen LogP contribution in [0.25, 0.3) is 0 Å². The zero-order chi connectivity index (χ0) is 7.49. The van der Waals surface area contributed by atoms with Crippen LogP contribution in [0.4, 0.5) is 4.79 Å². The number of rotatable bonds is 0. The number of amides is 1. The van der Waals surface area contributed by atoms with Crippen LogP contribution >= 0.6 is 9.03 Å². The van der Waals surface area contributed by atoms with Crippen LogP contribution in [0.2, 0.25) is 0 Å². The fourth-order valence-corrected chi connectivity index (χ4v) is 0.330. The third kappa shape index (κ3) is 5.44. The summed E-state index contributed by atoms with van der Waals surface area (Å²) in [6.07, 6.45) is -0.598. The van der Waals surface area contributed by atoms with Crippen molar-refractivity contribution in [3.05, 3.63) is 0 Å². The first-order valence-corrected chi connectivity index (χ1v) is 3.01. The molecule has 0 unspecified atom stereocenters. The summed E-state index contributed by atoms with van der Waals surface area (Å²) in [5.74, 6) is 0. The number of nitrogens with zero attached hydrogens (tertiary/aromatic N) is 1. The van der Waals surface area contributed by atoms with Gasteiger partial charge >= 0.3 is 6.09 Å². The maximum Gasteiger partial charge on any atom is 0.437 e. The van der Waals surface area contributed by atoms with E-state index >= 15 is 0 Å². The quantitative estimate of drug-likeness (QED) is 0.493. The molecule has 0 aliphatic heterocycles. The SMILES string of the molecule is CC(C)(C)OC(=O)N=P. The van der Waals surface area contributed by atoms with Crippen molar-refractivity contribution in [2.24, 2.45) is 4.74 Å². The van der Waals surface area contributed by atoms with Crippen LogP contribution in [-0.4, -0.2) is 11.7 Å². The monoisotopic (exact) mass is 147 g/mol. The highest BCUT2D eigenvalue weighted by Gasteiger charge is 2.14. The van der Waals surface area contributed by atoms with Crippen LogP contribution < -0.4 is 0 Å². The summed E-state index contributed by atoms with van der Waals surface area (Å²) in [6.45, 7) is 5.34. The average molecular weight is 147 g/mol. The fourth-order valence-electron chi connectivity index (χ4n) is 0.285. The van der Waals surface area contributed by atoms with E-state index in [4.69, 9.17) is 4.74 Å². The Morgan fingerprint density at radius 1 is 1.56 bits per heavy atom. The topological polar surface area (TPSA) is 38.7 Å². The van der Waals surface area contributed by atoms with E-state index in [0.717, 1.165) is 0 Å². The summed E-state index contributed by atoms with van der Waals surface area (Å²) in [5.41, 5.74) is -0.451. The first-order valence-electron chi connectivity index (χ1n) is 2.56. The lowest BCUT2D eigenvalue weighted by molar-refractivity contribution is 0.0608. The summed E-state index contributed by atoms with van der Waals surface area (Å²) in [4.78, 5) is 10.4. The first kappa shape index (κ1) is 8.57. The van der Waals surface area contributed by atoms with Crippen molar-refractivity contribution < 1.29 is 9.53 Å². The van der Waals surface area contributed by atoms with E-state index in [-0.39, 0.29) is 0 Å². The Balaban J connectivity index is 3.74. The maximum absolute atomic E-state index is 10.4. The molecular weight excluding hydrogens is 137 g/mol. The van der Waals surface area contributed by atoms with Gasteiger partial charge in [-0.25, -0.2) is 4.79 Å². The van der Waals surface area contributed by atoms with Gasteiger partial charge in [-0.2, -0.15) is 4.74 Å². The molecule has 3 nitrogen and oxygen atoms in total. The first-order chi connectivity index (χ1) is 3.95. The second-order valence-electron chi connectivity index (χ2n) is 2.59. The number of carbonyl (C=O) groups is 1. The van der Waals surface area contributed by atoms with E-state index < -0.39 is 11.7 Å². The van der Waals surface area contributed by atoms with Gasteiger partial charge in [0.05, 0.1) is 0 Å². The molecule has 0 aromatic rings. The summed E-state index contributed by atoms with van der Waals surface area (Å²) in [6, 6.07) is 0. The van der Waals surface area contributed by atoms with Crippen LogP contribution in [0.15, 0.2) is 4.74 Å². The molecule has 0 heterocycles. The molecule has 4 heteroatoms. The Hall–Kier alpha value is -0.430. The van der Waals surface area contributed by atoms with Crippen LogP contribution in [-0.2, 0) is 4.74 Å². The molecule has 0 radical (unpaired) electrons. The molecule has 0 atom stereocenters. The Bertz CT molecular complexity index is 127. The molecule has 0 saturated heterocycles. The van der Waals surface area contributed by atoms with Gasteiger partial charge < -0.3 is 4.74 Å². The van der Waals surface area contributed by atoms with Crippen molar-refractivity contribution >= 4 is 15.1 Å². The van der Waals surface area contributed by atoms with Gasteiger partial charge in [-0.3, -0.25) is 0 Å². The van der Waals surface area contributed by atoms with Crippen LogP contribution in [0.3, 0.4) is 0 Å². The minimum absolute atomic E-state index is 0.451. The second-order valence-corrected chi connectivity index (χ2v) is 2.82. The van der Waals surface area contributed by atoms with E-state index in [1.165, 1.54) is 0 Å². The minimum atomic E-state index is -0.598. The van der Waals surface area contributed by atoms with Crippen molar-refractivity contribution in [1.29, 1.82) is 0 Å². The number of hydrogen-bond acceptors (Lipinski definition) is 2. The van der Waals surface area contributed by atoms with Crippen LogP contribution in [0.5, 0.6) is 0 Å². The molecule has 0 saturated carbocycles. The lowest BCUT2D eigenvalue weighted by Crippen LogP contribution is -2.21. The lowest BCUT2D eigenvalue weighted by Gasteiger charge is -2.16. The minimum Gasteiger partial charge on any atom is -0.442 e. The molecule has 0 N–H and O–H groups in total. The zero-order valence-corrected chi connectivity index (χ0v) is 6.76. The van der Waals surface area contributed by atoms with Crippen molar-refractivity contribution in [2.45, 2.75) is 26.4 Å². The van der Waals surface area contributed by atoms with Gasteiger partial charge in [0.15, 0.2) is 0 Å². The standard InChI is InChI=1S/C5H10NO2P/c1-5(2,3)8-4(7)6-9/h9H,1-3H3. The smallest absolute Gasteiger partial charge is 0.437 e. The molecule has 0 aromatic heterocycles. The average Bonchev–Trinajstić information content (AvgIpc) is 1.62. The molecule has 0 spiro atoms. The predicted octanol–water partition coefficient (Wildman–Crippen LogP) is 2.25. The third-order valence-electron chi connectivity index (χ3n) is 0.485. The molecule has 0 aromatic carbocycles. The van der Waals surface area contributed by atoms with E-state index in [9.17, 15) is 4.79 Å². The molecule has 0 fully saturated rings. The molecule has 0 aliphatic rings. The van der Waals surface area contributed by atoms with Gasteiger partial charge in [-0.1, -0.05) is 0 Å². The van der Waals surface area contributed by atoms with Crippen molar-refractivity contribution in [2.75, 3.05) is 0 Å². The molecule has 0 aliphatic carbocycles. The van der Waals surface area contributed by atoms with E-state index in [0.29, 0.717) is 0 Å². The summed E-state index contributed by atoms with van der Waals surface area (Å²) in [5, 5.41) is 0. The highest BCUT2D eigenvalue weighted by atomic mass is 31.0. The van der Waals surface area contributed by atoms with E-state index in [2.05, 4.69) is 13.8 Å². The van der Waals surface area contributed by atoms with Gasteiger partial charge in [0.2, 0.25) is 0 Å². The maximum atomic E-state index is 10.4. The molecule has 1 amide bonds. The van der Waals surface area contributed by atoms with E-state index in [1.807, 2.05) is 0 Å². The number of hydrogen-bond donors (Lipinski definition) is 0. The second kappa shape index (κ2) is 2.92. The summed E-state index contributed by atoms with van der Waals surface area (Å²) < 4.78 is 7.85. The predicted molar refractivity (Wildman–Crippen MR) is 37.0 cm³/mol. The van der Waals surface area contributed by atoms with Crippen LogP contribution in [0.1, 0.15) is 20.8 Å². The highest BCUT2D eigenvalue weighted by molar-refractivity contribution is 7.04. The van der Waals surface area contributed by atoms with Gasteiger partial charge in [0.1, 0.15) is 5.60 Å². The Labute approximate surface area is 56.7 Å². The highest BCUT2D eigenvalue weighted by Crippen LogP contribution is 2.07. The number of carbonyl (C=O) groups excluding carboxylic acids is 1. The van der Waals surface area contributed by atoms with Crippen molar-refractivity contribution in [3.8, 4) is 0 Å². The van der Waals surface area contributed by atoms with Crippen molar-refractivity contribution in [1.82, 2.24) is 0 Å². The summed E-state index contributed by atoms with van der Waals surface area (Å²) in [7, 11) is 2.66. The van der Waals surface area contributed by atoms with Gasteiger partial charge in [0, 0.05) is 0 Å².